The number of fused-ring (bicyclic) bond motifs is 2. The number of hydrogen-bond donors (Lipinski definition) is 0. The third kappa shape index (κ3) is 2.73. The van der Waals surface area contributed by atoms with Gasteiger partial charge in [-0.1, -0.05) is 32.4 Å². The number of esters is 1. The molecule has 0 heterocycles. The van der Waals surface area contributed by atoms with Crippen molar-refractivity contribution in [1.29, 1.82) is 0 Å². The quantitative estimate of drug-likeness (QED) is 0.411. The fourth-order valence-corrected chi connectivity index (χ4v) is 5.07. The summed E-state index contributed by atoms with van der Waals surface area (Å²) in [6.45, 7) is 8.34. The molecule has 2 fully saturated rings. The molecule has 1 aromatic rings. The van der Waals surface area contributed by atoms with Gasteiger partial charge in [0.15, 0.2) is 0 Å². The van der Waals surface area contributed by atoms with E-state index in [0.29, 0.717) is 11.5 Å². The highest BCUT2D eigenvalue weighted by atomic mass is 35.5. The number of benzene rings is 1. The Bertz CT molecular complexity index is 732. The van der Waals surface area contributed by atoms with Crippen LogP contribution in [0.15, 0.2) is 18.2 Å². The van der Waals surface area contributed by atoms with E-state index in [-0.39, 0.29) is 33.4 Å². The summed E-state index contributed by atoms with van der Waals surface area (Å²) in [6.07, 6.45) is 2.35. The van der Waals surface area contributed by atoms with E-state index in [0.717, 1.165) is 19.3 Å². The van der Waals surface area contributed by atoms with Crippen molar-refractivity contribution >= 4 is 23.3 Å². The molecule has 2 aliphatic rings. The summed E-state index contributed by atoms with van der Waals surface area (Å²) in [5.74, 6) is 0.153. The molecule has 0 aliphatic heterocycles. The van der Waals surface area contributed by atoms with E-state index in [1.54, 1.807) is 19.1 Å². The van der Waals surface area contributed by atoms with Gasteiger partial charge < -0.3 is 4.74 Å². The first-order valence-corrected chi connectivity index (χ1v) is 9.10. The average molecular weight is 366 g/mol. The van der Waals surface area contributed by atoms with Crippen molar-refractivity contribution in [2.24, 2.45) is 22.7 Å². The normalized spacial score (nSPS) is 30.9. The largest absolute Gasteiger partial charge is 0.457 e. The second kappa shape index (κ2) is 5.97. The zero-order valence-corrected chi connectivity index (χ0v) is 15.8. The Balaban J connectivity index is 1.80. The van der Waals surface area contributed by atoms with E-state index in [9.17, 15) is 14.9 Å². The molecule has 25 heavy (non-hydrogen) atoms. The lowest BCUT2D eigenvalue weighted by Gasteiger charge is -2.38. The van der Waals surface area contributed by atoms with Crippen molar-refractivity contribution < 1.29 is 14.5 Å². The predicted molar refractivity (Wildman–Crippen MR) is 95.3 cm³/mol. The highest BCUT2D eigenvalue weighted by Crippen LogP contribution is 2.68. The van der Waals surface area contributed by atoms with Crippen molar-refractivity contribution in [3.63, 3.8) is 0 Å². The standard InChI is InChI=1S/C19H24ClNO4/c1-11(14-6-5-13(20)10-16(14)21(23)24)25-17(22)15-9-12-7-8-19(15,4)18(12,2)3/h5-6,10-12,15H,7-9H2,1-4H3/t11-,12?,15?,19+/m1/s1. The molecule has 2 saturated carbocycles. The Morgan fingerprint density at radius 1 is 1.40 bits per heavy atom. The molecular formula is C19H24ClNO4. The molecule has 1 aromatic carbocycles. The van der Waals surface area contributed by atoms with Crippen LogP contribution < -0.4 is 0 Å². The molecule has 0 saturated heterocycles. The molecule has 0 spiro atoms. The lowest BCUT2D eigenvalue weighted by molar-refractivity contribution is -0.386. The van der Waals surface area contributed by atoms with Gasteiger partial charge >= 0.3 is 5.97 Å². The fraction of sp³-hybridized carbons (Fsp3) is 0.632. The average Bonchev–Trinajstić information content (AvgIpc) is 2.87. The Labute approximate surface area is 152 Å². The van der Waals surface area contributed by atoms with Gasteiger partial charge in [0.25, 0.3) is 5.69 Å². The molecule has 2 unspecified atom stereocenters. The number of hydrogen-bond acceptors (Lipinski definition) is 4. The van der Waals surface area contributed by atoms with E-state index >= 15 is 0 Å². The van der Waals surface area contributed by atoms with Gasteiger partial charge in [-0.15, -0.1) is 0 Å². The maximum atomic E-state index is 12.8. The SMILES string of the molecule is C[C@@H](OC(=O)C1CC2CC[C@]1(C)C2(C)C)c1ccc(Cl)cc1[N+](=O)[O-]. The van der Waals surface area contributed by atoms with Crippen LogP contribution in [0.5, 0.6) is 0 Å². The minimum atomic E-state index is -0.684. The maximum Gasteiger partial charge on any atom is 0.310 e. The lowest BCUT2D eigenvalue weighted by Crippen LogP contribution is -2.37. The molecule has 2 aliphatic carbocycles. The number of rotatable bonds is 4. The van der Waals surface area contributed by atoms with Gasteiger partial charge in [-0.3, -0.25) is 14.9 Å². The Hall–Kier alpha value is -1.62. The number of nitro benzene ring substituents is 1. The summed E-state index contributed by atoms with van der Waals surface area (Å²) in [4.78, 5) is 23.6. The van der Waals surface area contributed by atoms with Gasteiger partial charge in [-0.05, 0) is 55.1 Å². The molecule has 3 rings (SSSR count). The van der Waals surface area contributed by atoms with Crippen molar-refractivity contribution in [2.75, 3.05) is 0 Å². The van der Waals surface area contributed by atoms with Gasteiger partial charge in [-0.2, -0.15) is 0 Å². The van der Waals surface area contributed by atoms with Crippen LogP contribution in [0, 0.1) is 32.8 Å². The summed E-state index contributed by atoms with van der Waals surface area (Å²) >= 11 is 5.86. The summed E-state index contributed by atoms with van der Waals surface area (Å²) in [5, 5.41) is 11.6. The van der Waals surface area contributed by atoms with Crippen LogP contribution in [0.3, 0.4) is 0 Å². The first-order chi connectivity index (χ1) is 11.6. The molecule has 2 bridgehead atoms. The summed E-state index contributed by atoms with van der Waals surface area (Å²) < 4.78 is 5.68. The van der Waals surface area contributed by atoms with Gasteiger partial charge in [0.05, 0.1) is 16.4 Å². The first-order valence-electron chi connectivity index (χ1n) is 8.72. The fourth-order valence-electron chi connectivity index (χ4n) is 4.90. The highest BCUT2D eigenvalue weighted by molar-refractivity contribution is 6.30. The molecule has 6 heteroatoms. The Morgan fingerprint density at radius 2 is 2.08 bits per heavy atom. The molecule has 4 atom stereocenters. The molecular weight excluding hydrogens is 342 g/mol. The Morgan fingerprint density at radius 3 is 2.60 bits per heavy atom. The molecule has 0 radical (unpaired) electrons. The van der Waals surface area contributed by atoms with Crippen molar-refractivity contribution in [1.82, 2.24) is 0 Å². The third-order valence-electron chi connectivity index (χ3n) is 7.00. The van der Waals surface area contributed by atoms with E-state index in [4.69, 9.17) is 16.3 Å². The van der Waals surface area contributed by atoms with Crippen molar-refractivity contribution in [2.45, 2.75) is 53.1 Å². The summed E-state index contributed by atoms with van der Waals surface area (Å²) in [7, 11) is 0. The second-order valence-electron chi connectivity index (χ2n) is 8.20. The van der Waals surface area contributed by atoms with Gasteiger partial charge in [-0.25, -0.2) is 0 Å². The maximum absolute atomic E-state index is 12.8. The van der Waals surface area contributed by atoms with E-state index in [1.807, 2.05) is 0 Å². The summed E-state index contributed by atoms with van der Waals surface area (Å²) in [6, 6.07) is 4.43. The van der Waals surface area contributed by atoms with E-state index in [2.05, 4.69) is 20.8 Å². The zero-order chi connectivity index (χ0) is 18.6. The number of halogens is 1. The molecule has 5 nitrogen and oxygen atoms in total. The van der Waals surface area contributed by atoms with E-state index < -0.39 is 11.0 Å². The minimum Gasteiger partial charge on any atom is -0.457 e. The van der Waals surface area contributed by atoms with Crippen LogP contribution in [0.2, 0.25) is 5.02 Å². The number of nitro groups is 1. The van der Waals surface area contributed by atoms with E-state index in [1.165, 1.54) is 6.07 Å². The first kappa shape index (κ1) is 18.2. The van der Waals surface area contributed by atoms with Crippen LogP contribution in [0.4, 0.5) is 5.69 Å². The predicted octanol–water partition coefficient (Wildman–Crippen LogP) is 5.31. The van der Waals surface area contributed by atoms with Crippen LogP contribution in [-0.4, -0.2) is 10.9 Å². The smallest absolute Gasteiger partial charge is 0.310 e. The number of carbonyl (C=O) groups is 1. The second-order valence-corrected chi connectivity index (χ2v) is 8.64. The van der Waals surface area contributed by atoms with Crippen LogP contribution in [-0.2, 0) is 9.53 Å². The molecule has 136 valence electrons. The van der Waals surface area contributed by atoms with Gasteiger partial charge in [0.1, 0.15) is 6.10 Å². The zero-order valence-electron chi connectivity index (χ0n) is 15.0. The molecule has 0 aromatic heterocycles. The topological polar surface area (TPSA) is 69.4 Å². The summed E-state index contributed by atoms with van der Waals surface area (Å²) in [5.41, 5.74) is 0.301. The van der Waals surface area contributed by atoms with Crippen LogP contribution in [0.25, 0.3) is 0 Å². The third-order valence-corrected chi connectivity index (χ3v) is 7.23. The number of nitrogens with zero attached hydrogens (tertiary/aromatic N) is 1. The highest BCUT2D eigenvalue weighted by Gasteiger charge is 2.63. The monoisotopic (exact) mass is 365 g/mol. The van der Waals surface area contributed by atoms with Crippen LogP contribution in [0.1, 0.15) is 58.6 Å². The van der Waals surface area contributed by atoms with Crippen molar-refractivity contribution in [3.05, 3.63) is 38.9 Å². The van der Waals surface area contributed by atoms with Crippen LogP contribution >= 0.6 is 11.6 Å². The molecule has 0 N–H and O–H groups in total. The van der Waals surface area contributed by atoms with Gasteiger partial charge in [0.2, 0.25) is 0 Å². The minimum absolute atomic E-state index is 0.0690. The van der Waals surface area contributed by atoms with Crippen molar-refractivity contribution in [3.8, 4) is 0 Å². The lowest BCUT2D eigenvalue weighted by atomic mass is 9.67. The number of carbonyl (C=O) groups excluding carboxylic acids is 1. The Kier molecular flexibility index (Phi) is 4.34. The number of ether oxygens (including phenoxy) is 1. The molecule has 0 amide bonds. The van der Waals surface area contributed by atoms with Gasteiger partial charge in [0, 0.05) is 11.1 Å².